The molecule has 0 bridgehead atoms. The summed E-state index contributed by atoms with van der Waals surface area (Å²) in [6, 6.07) is 8.10. The van der Waals surface area contributed by atoms with Crippen molar-refractivity contribution in [1.29, 1.82) is 0 Å². The molecule has 300 valence electrons. The molecule has 3 aromatic heterocycles. The fourth-order valence-corrected chi connectivity index (χ4v) is 8.22. The van der Waals surface area contributed by atoms with E-state index in [1.807, 2.05) is 50.8 Å². The molecule has 2 aliphatic heterocycles. The zero-order chi connectivity index (χ0) is 40.4. The fourth-order valence-electron chi connectivity index (χ4n) is 8.22. The number of amides is 4. The summed E-state index contributed by atoms with van der Waals surface area (Å²) < 4.78 is 9.55. The molecule has 5 heterocycles. The summed E-state index contributed by atoms with van der Waals surface area (Å²) in [5.41, 5.74) is 6.92. The van der Waals surface area contributed by atoms with Crippen molar-refractivity contribution in [1.82, 2.24) is 45.4 Å². The number of hydrogen-bond acceptors (Lipinski definition) is 9. The van der Waals surface area contributed by atoms with E-state index in [9.17, 15) is 19.2 Å². The van der Waals surface area contributed by atoms with Crippen molar-refractivity contribution >= 4 is 35.2 Å². The number of pyridine rings is 1. The summed E-state index contributed by atoms with van der Waals surface area (Å²) in [6.07, 6.45) is 4.60. The van der Waals surface area contributed by atoms with Crippen LogP contribution in [0.2, 0.25) is 0 Å². The second-order valence-corrected chi connectivity index (χ2v) is 15.7. The molecule has 1 aromatic carbocycles. The number of H-pyrrole nitrogens is 2. The number of imidazole rings is 2. The van der Waals surface area contributed by atoms with Crippen LogP contribution in [0.3, 0.4) is 0 Å². The highest BCUT2D eigenvalue weighted by Crippen LogP contribution is 2.37. The number of methoxy groups -OCH3 is 2. The van der Waals surface area contributed by atoms with Crippen molar-refractivity contribution in [3.8, 4) is 23.1 Å². The standard InChI is InChI=1S/C42H51N9O6/c1-23(2)33(47-41(54)56-5)39(52)50-20-8-12-31(50)37-44-29-11-7-10-26-22-25(15-18-28(26)35(29)46-37)14-16-27-17-19-30-36(43-27)49-38(45-30)32-13-9-21-51(32)40(53)34(24(3)4)48-42(55)57-6/h15,17-19,22-24,31-34H,7-13,20-21H2,1-6H3,(H,44,46)(H,47,54)(H,48,55)(H,43,45,49). The van der Waals surface area contributed by atoms with Gasteiger partial charge in [0.05, 0.1) is 37.5 Å². The van der Waals surface area contributed by atoms with Gasteiger partial charge in [0.1, 0.15) is 29.4 Å². The number of fused-ring (bicyclic) bond motifs is 4. The molecule has 4 amide bonds. The van der Waals surface area contributed by atoms with Gasteiger partial charge in [-0.25, -0.2) is 24.5 Å². The lowest BCUT2D eigenvalue weighted by atomic mass is 10.00. The van der Waals surface area contributed by atoms with Crippen LogP contribution < -0.4 is 10.6 Å². The molecule has 4 aromatic rings. The van der Waals surface area contributed by atoms with E-state index in [2.05, 4.69) is 44.6 Å². The highest BCUT2D eigenvalue weighted by molar-refractivity contribution is 5.87. The molecule has 4 N–H and O–H groups in total. The molecule has 0 saturated carbocycles. The number of benzene rings is 1. The summed E-state index contributed by atoms with van der Waals surface area (Å²) in [5, 5.41) is 5.41. The highest BCUT2D eigenvalue weighted by atomic mass is 16.5. The van der Waals surface area contributed by atoms with Crippen LogP contribution in [-0.2, 0) is 31.9 Å². The number of aromatic nitrogens is 5. The van der Waals surface area contributed by atoms with Crippen LogP contribution in [0.25, 0.3) is 22.4 Å². The van der Waals surface area contributed by atoms with E-state index in [1.54, 1.807) is 4.90 Å². The van der Waals surface area contributed by atoms with Crippen LogP contribution in [0.4, 0.5) is 9.59 Å². The van der Waals surface area contributed by atoms with Gasteiger partial charge in [-0.1, -0.05) is 39.7 Å². The van der Waals surface area contributed by atoms with Crippen LogP contribution in [0.1, 0.15) is 106 Å². The first-order chi connectivity index (χ1) is 27.4. The predicted molar refractivity (Wildman–Crippen MR) is 212 cm³/mol. The van der Waals surface area contributed by atoms with Gasteiger partial charge in [0.15, 0.2) is 5.65 Å². The first-order valence-electron chi connectivity index (χ1n) is 19.9. The third-order valence-electron chi connectivity index (χ3n) is 11.2. The average Bonchev–Trinajstić information content (AvgIpc) is 4.02. The average molecular weight is 778 g/mol. The van der Waals surface area contributed by atoms with Gasteiger partial charge in [0.2, 0.25) is 11.8 Å². The maximum Gasteiger partial charge on any atom is 0.407 e. The van der Waals surface area contributed by atoms with Crippen molar-refractivity contribution in [2.24, 2.45) is 11.8 Å². The molecular weight excluding hydrogens is 727 g/mol. The third-order valence-corrected chi connectivity index (χ3v) is 11.2. The van der Waals surface area contributed by atoms with Gasteiger partial charge in [0, 0.05) is 29.9 Å². The van der Waals surface area contributed by atoms with Crippen LogP contribution in [0.5, 0.6) is 0 Å². The van der Waals surface area contributed by atoms with Crippen LogP contribution in [0, 0.1) is 23.7 Å². The number of nitrogens with zero attached hydrogens (tertiary/aromatic N) is 5. The Hall–Kier alpha value is -5.91. The summed E-state index contributed by atoms with van der Waals surface area (Å²) in [4.78, 5) is 76.5. The molecular formula is C42H51N9O6. The minimum absolute atomic E-state index is 0.110. The number of likely N-dealkylation sites (tertiary alicyclic amines) is 2. The minimum Gasteiger partial charge on any atom is -0.453 e. The van der Waals surface area contributed by atoms with Crippen molar-refractivity contribution < 1.29 is 28.7 Å². The van der Waals surface area contributed by atoms with E-state index < -0.39 is 24.3 Å². The fraction of sp³-hybridized carbons (Fsp3) is 0.500. The van der Waals surface area contributed by atoms with Gasteiger partial charge in [-0.15, -0.1) is 0 Å². The molecule has 0 radical (unpaired) electrons. The highest BCUT2D eigenvalue weighted by Gasteiger charge is 2.39. The Kier molecular flexibility index (Phi) is 11.5. The Morgan fingerprint density at radius 3 is 1.96 bits per heavy atom. The maximum atomic E-state index is 13.7. The van der Waals surface area contributed by atoms with Gasteiger partial charge < -0.3 is 39.9 Å². The second-order valence-electron chi connectivity index (χ2n) is 15.7. The van der Waals surface area contributed by atoms with Gasteiger partial charge in [0.25, 0.3) is 0 Å². The molecule has 4 atom stereocenters. The van der Waals surface area contributed by atoms with E-state index in [4.69, 9.17) is 24.4 Å². The molecule has 15 nitrogen and oxygen atoms in total. The summed E-state index contributed by atoms with van der Waals surface area (Å²) in [7, 11) is 2.58. The third kappa shape index (κ3) is 8.17. The summed E-state index contributed by atoms with van der Waals surface area (Å²) in [5.74, 6) is 7.41. The van der Waals surface area contributed by atoms with E-state index in [0.717, 1.165) is 84.4 Å². The first kappa shape index (κ1) is 39.3. The second kappa shape index (κ2) is 16.7. The number of hydrogen-bond donors (Lipinski definition) is 4. The first-order valence-corrected chi connectivity index (χ1v) is 19.9. The molecule has 2 saturated heterocycles. The zero-order valence-electron chi connectivity index (χ0n) is 33.4. The molecule has 4 unspecified atom stereocenters. The summed E-state index contributed by atoms with van der Waals surface area (Å²) >= 11 is 0. The quantitative estimate of drug-likeness (QED) is 0.172. The molecule has 3 aliphatic rings. The van der Waals surface area contributed by atoms with E-state index in [1.165, 1.54) is 14.2 Å². The topological polar surface area (TPSA) is 188 Å². The molecule has 15 heteroatoms. The van der Waals surface area contributed by atoms with E-state index in [-0.39, 0.29) is 35.7 Å². The number of aromatic amines is 2. The smallest absolute Gasteiger partial charge is 0.407 e. The minimum atomic E-state index is -0.712. The van der Waals surface area contributed by atoms with Gasteiger partial charge >= 0.3 is 12.2 Å². The van der Waals surface area contributed by atoms with Crippen LogP contribution >= 0.6 is 0 Å². The van der Waals surface area contributed by atoms with E-state index >= 15 is 0 Å². The largest absolute Gasteiger partial charge is 0.453 e. The summed E-state index contributed by atoms with van der Waals surface area (Å²) in [6.45, 7) is 8.76. The number of alkyl carbamates (subject to hydrolysis) is 2. The van der Waals surface area contributed by atoms with Crippen LogP contribution in [0.15, 0.2) is 30.3 Å². The normalized spacial score (nSPS) is 18.7. The Balaban J connectivity index is 1.08. The lowest BCUT2D eigenvalue weighted by Crippen LogP contribution is -2.51. The predicted octanol–water partition coefficient (Wildman–Crippen LogP) is 5.32. The molecule has 2 fully saturated rings. The van der Waals surface area contributed by atoms with Crippen molar-refractivity contribution in [2.45, 2.75) is 96.8 Å². The molecule has 1 aliphatic carbocycles. The van der Waals surface area contributed by atoms with Gasteiger partial charge in [-0.05, 0) is 92.5 Å². The number of ether oxygens (including phenoxy) is 2. The van der Waals surface area contributed by atoms with Crippen molar-refractivity contribution in [3.05, 3.63) is 64.5 Å². The Bertz CT molecular complexity index is 2230. The Labute approximate surface area is 332 Å². The Morgan fingerprint density at radius 2 is 1.37 bits per heavy atom. The number of rotatable bonds is 8. The number of aryl methyl sites for hydroxylation is 2. The molecule has 57 heavy (non-hydrogen) atoms. The number of carbonyl (C=O) groups is 4. The van der Waals surface area contributed by atoms with Crippen molar-refractivity contribution in [2.75, 3.05) is 27.3 Å². The number of carbonyl (C=O) groups excluding carboxylic acids is 4. The Morgan fingerprint density at radius 1 is 0.754 bits per heavy atom. The molecule has 0 spiro atoms. The zero-order valence-corrected chi connectivity index (χ0v) is 33.4. The maximum absolute atomic E-state index is 13.7. The lowest BCUT2D eigenvalue weighted by Gasteiger charge is -2.30. The van der Waals surface area contributed by atoms with E-state index in [0.29, 0.717) is 30.3 Å². The van der Waals surface area contributed by atoms with Crippen molar-refractivity contribution in [3.63, 3.8) is 0 Å². The van der Waals surface area contributed by atoms with Crippen LogP contribution in [-0.4, -0.2) is 98.1 Å². The monoisotopic (exact) mass is 777 g/mol. The lowest BCUT2D eigenvalue weighted by molar-refractivity contribution is -0.136. The number of nitrogens with one attached hydrogen (secondary N) is 4. The van der Waals surface area contributed by atoms with Gasteiger partial charge in [-0.2, -0.15) is 0 Å². The SMILES string of the molecule is COC(=O)NC(C(=O)N1CCCC1c1nc2c([nH]1)CCCc1cc(C#Cc3ccc4[nH]c(C5CCCN5C(=O)C(NC(=O)OC)C(C)C)nc4n3)ccc1-2)C(C)C. The van der Waals surface area contributed by atoms with Gasteiger partial charge in [-0.3, -0.25) is 9.59 Å². The molecule has 7 rings (SSSR count).